The fourth-order valence-electron chi connectivity index (χ4n) is 2.19. The fourth-order valence-corrected chi connectivity index (χ4v) is 10.6. The van der Waals surface area contributed by atoms with Crippen molar-refractivity contribution >= 4 is 25.7 Å². The van der Waals surface area contributed by atoms with Gasteiger partial charge in [-0.25, -0.2) is 0 Å². The lowest BCUT2D eigenvalue weighted by Crippen LogP contribution is -2.52. The Bertz CT molecular complexity index is 362. The lowest BCUT2D eigenvalue weighted by atomic mass is 10.6. The van der Waals surface area contributed by atoms with Crippen molar-refractivity contribution < 1.29 is 39.5 Å². The summed E-state index contributed by atoms with van der Waals surface area (Å²) in [6.45, 7) is 14.3. The molecular weight excluding hydrogens is 411 g/mol. The molecule has 12 heteroatoms. The van der Waals surface area contributed by atoms with Crippen LogP contribution in [0.3, 0.4) is 0 Å². The second kappa shape index (κ2) is 14.3. The van der Waals surface area contributed by atoms with Gasteiger partial charge >= 0.3 is 25.7 Å². The van der Waals surface area contributed by atoms with Gasteiger partial charge in [0.05, 0.1) is 0 Å². The zero-order valence-corrected chi connectivity index (χ0v) is 20.7. The molecule has 0 saturated heterocycles. The molecule has 0 unspecified atom stereocenters. The van der Waals surface area contributed by atoms with E-state index in [4.69, 9.17) is 35.0 Å². The van der Waals surface area contributed by atoms with Crippen molar-refractivity contribution in [2.45, 2.75) is 54.9 Å². The summed E-state index contributed by atoms with van der Waals surface area (Å²) < 4.78 is 59.4. The molecule has 0 aromatic rings. The molecule has 0 amide bonds. The highest BCUT2D eigenvalue weighted by molar-refractivity contribution is 7.56. The molecule has 0 heterocycles. The van der Waals surface area contributed by atoms with Gasteiger partial charge in [-0.05, 0) is 48.0 Å². The quantitative estimate of drug-likeness (QED) is 0.230. The SMILES string of the molecule is CCCP(=O)(O[Si](OCC)(OCC)OCC)O[Si](OCC)(OCC)OCC. The first-order chi connectivity index (χ1) is 12.8. The van der Waals surface area contributed by atoms with Crippen molar-refractivity contribution in [2.24, 2.45) is 0 Å². The molecule has 0 N–H and O–H groups in total. The van der Waals surface area contributed by atoms with Gasteiger partial charge in [0.15, 0.2) is 0 Å². The minimum Gasteiger partial charge on any atom is -0.351 e. The summed E-state index contributed by atoms with van der Waals surface area (Å²) in [5.41, 5.74) is 0. The molecule has 0 rings (SSSR count). The van der Waals surface area contributed by atoms with Crippen molar-refractivity contribution in [1.29, 1.82) is 0 Å². The van der Waals surface area contributed by atoms with Crippen molar-refractivity contribution in [3.63, 3.8) is 0 Å². The van der Waals surface area contributed by atoms with Crippen LogP contribution in [0.1, 0.15) is 54.9 Å². The van der Waals surface area contributed by atoms with E-state index in [-0.39, 0.29) is 45.8 Å². The van der Waals surface area contributed by atoms with Gasteiger partial charge in [0.25, 0.3) is 0 Å². The summed E-state index contributed by atoms with van der Waals surface area (Å²) in [5, 5.41) is 0. The zero-order valence-electron chi connectivity index (χ0n) is 17.8. The van der Waals surface area contributed by atoms with E-state index in [0.717, 1.165) is 0 Å². The van der Waals surface area contributed by atoms with Crippen molar-refractivity contribution in [2.75, 3.05) is 45.8 Å². The average Bonchev–Trinajstić information content (AvgIpc) is 2.56. The fraction of sp³-hybridized carbons (Fsp3) is 1.00. The molecule has 9 nitrogen and oxygen atoms in total. The number of hydrogen-bond acceptors (Lipinski definition) is 9. The van der Waals surface area contributed by atoms with E-state index in [1.807, 2.05) is 6.92 Å². The van der Waals surface area contributed by atoms with Crippen molar-refractivity contribution in [3.8, 4) is 0 Å². The van der Waals surface area contributed by atoms with Crippen LogP contribution >= 0.6 is 7.60 Å². The lowest BCUT2D eigenvalue weighted by Gasteiger charge is -2.34. The molecule has 0 radical (unpaired) electrons. The maximum atomic E-state index is 13.6. The Hall–Kier alpha value is 0.344. The first-order valence-electron chi connectivity index (χ1n) is 9.68. The van der Waals surface area contributed by atoms with Gasteiger partial charge in [-0.2, -0.15) is 0 Å². The summed E-state index contributed by atoms with van der Waals surface area (Å²) in [7, 11) is -11.1. The highest BCUT2D eigenvalue weighted by Gasteiger charge is 2.57. The van der Waals surface area contributed by atoms with E-state index in [1.165, 1.54) is 0 Å². The summed E-state index contributed by atoms with van der Waals surface area (Å²) in [6.07, 6.45) is 0.665. The molecule has 0 saturated carbocycles. The summed E-state index contributed by atoms with van der Waals surface area (Å²) in [4.78, 5) is 0. The van der Waals surface area contributed by atoms with Gasteiger partial charge in [-0.1, -0.05) is 6.92 Å². The van der Waals surface area contributed by atoms with Crippen LogP contribution in [0.25, 0.3) is 0 Å². The van der Waals surface area contributed by atoms with Gasteiger partial charge < -0.3 is 26.6 Å². The molecule has 0 aliphatic carbocycles. The molecule has 0 bridgehead atoms. The molecule has 27 heavy (non-hydrogen) atoms. The average molecular weight is 449 g/mol. The third-order valence-corrected chi connectivity index (χ3v) is 11.8. The van der Waals surface area contributed by atoms with Crippen LogP contribution in [-0.2, 0) is 39.5 Å². The largest absolute Gasteiger partial charge is 0.686 e. The maximum Gasteiger partial charge on any atom is 0.686 e. The summed E-state index contributed by atoms with van der Waals surface area (Å²) >= 11 is 0. The van der Waals surface area contributed by atoms with Gasteiger partial charge in [-0.15, -0.1) is 0 Å². The van der Waals surface area contributed by atoms with Gasteiger partial charge in [-0.3, -0.25) is 13.0 Å². The highest BCUT2D eigenvalue weighted by atomic mass is 31.2. The van der Waals surface area contributed by atoms with Crippen LogP contribution in [0.15, 0.2) is 0 Å². The Kier molecular flexibility index (Phi) is 14.5. The van der Waals surface area contributed by atoms with Crippen LogP contribution in [-0.4, -0.2) is 63.9 Å². The van der Waals surface area contributed by atoms with E-state index < -0.39 is 25.7 Å². The Morgan fingerprint density at radius 1 is 0.556 bits per heavy atom. The Morgan fingerprint density at radius 2 is 0.815 bits per heavy atom. The molecule has 0 aromatic heterocycles. The summed E-state index contributed by atoms with van der Waals surface area (Å²) in [6, 6.07) is 0. The predicted molar refractivity (Wildman–Crippen MR) is 106 cm³/mol. The van der Waals surface area contributed by atoms with E-state index in [0.29, 0.717) is 6.42 Å². The topological polar surface area (TPSA) is 90.9 Å². The van der Waals surface area contributed by atoms with Crippen LogP contribution in [0.2, 0.25) is 0 Å². The Balaban J connectivity index is 5.83. The number of hydrogen-bond donors (Lipinski definition) is 0. The van der Waals surface area contributed by atoms with E-state index in [1.54, 1.807) is 41.5 Å². The van der Waals surface area contributed by atoms with Crippen LogP contribution in [0.4, 0.5) is 0 Å². The second-order valence-electron chi connectivity index (χ2n) is 5.12. The van der Waals surface area contributed by atoms with E-state index in [9.17, 15) is 4.57 Å². The first-order valence-corrected chi connectivity index (χ1v) is 14.7. The molecule has 164 valence electrons. The zero-order chi connectivity index (χ0) is 20.8. The molecule has 0 aliphatic heterocycles. The van der Waals surface area contributed by atoms with E-state index in [2.05, 4.69) is 0 Å². The van der Waals surface area contributed by atoms with E-state index >= 15 is 0 Å². The highest BCUT2D eigenvalue weighted by Crippen LogP contribution is 2.54. The molecule has 0 atom stereocenters. The van der Waals surface area contributed by atoms with Crippen LogP contribution in [0, 0.1) is 0 Å². The van der Waals surface area contributed by atoms with Crippen molar-refractivity contribution in [1.82, 2.24) is 0 Å². The standard InChI is InChI=1S/C15H37O9PSi2/c1-8-15-25(16,23-26(17-9-2,18-10-3)19-11-4)24-27(20-12-5,21-13-6)22-14-7/h8-15H2,1-7H3. The van der Waals surface area contributed by atoms with Gasteiger partial charge in [0.1, 0.15) is 0 Å². The van der Waals surface area contributed by atoms with Gasteiger partial charge in [0.2, 0.25) is 0 Å². The second-order valence-corrected chi connectivity index (χ2v) is 12.0. The molecule has 0 aliphatic rings. The first kappa shape index (κ1) is 27.3. The predicted octanol–water partition coefficient (Wildman–Crippen LogP) is 3.71. The molecule has 0 spiro atoms. The molecular formula is C15H37O9PSi2. The minimum absolute atomic E-state index is 0.122. The molecule has 0 aromatic carbocycles. The third kappa shape index (κ3) is 9.59. The normalized spacial score (nSPS) is 13.3. The molecule has 0 fully saturated rings. The Morgan fingerprint density at radius 3 is 1.00 bits per heavy atom. The summed E-state index contributed by atoms with van der Waals surface area (Å²) in [5.74, 6) is 0. The lowest BCUT2D eigenvalue weighted by molar-refractivity contribution is -0.00986. The smallest absolute Gasteiger partial charge is 0.351 e. The third-order valence-electron chi connectivity index (χ3n) is 2.93. The minimum atomic E-state index is -3.77. The van der Waals surface area contributed by atoms with Crippen molar-refractivity contribution in [3.05, 3.63) is 0 Å². The number of rotatable bonds is 18. The Labute approximate surface area is 166 Å². The monoisotopic (exact) mass is 448 g/mol. The van der Waals surface area contributed by atoms with Gasteiger partial charge in [0, 0.05) is 45.8 Å². The van der Waals surface area contributed by atoms with Crippen LogP contribution < -0.4 is 0 Å². The van der Waals surface area contributed by atoms with Crippen LogP contribution in [0.5, 0.6) is 0 Å². The maximum absolute atomic E-state index is 13.6.